The number of benzene rings is 3. The average Bonchev–Trinajstić information content (AvgIpc) is 2.78. The molecule has 0 aliphatic carbocycles. The molecule has 3 aromatic carbocycles. The van der Waals surface area contributed by atoms with Gasteiger partial charge in [-0.25, -0.2) is 5.43 Å². The van der Waals surface area contributed by atoms with Crippen LogP contribution in [0.2, 0.25) is 0 Å². The third-order valence-corrected chi connectivity index (χ3v) is 4.25. The summed E-state index contributed by atoms with van der Waals surface area (Å²) in [7, 11) is 1.56. The highest BCUT2D eigenvalue weighted by Gasteiger charge is 2.07. The van der Waals surface area contributed by atoms with E-state index in [9.17, 15) is 9.59 Å². The van der Waals surface area contributed by atoms with Gasteiger partial charge in [0.25, 0.3) is 5.91 Å². The molecule has 2 N–H and O–H groups in total. The largest absolute Gasteiger partial charge is 0.493 e. The normalized spacial score (nSPS) is 10.5. The Hall–Kier alpha value is -4.13. The summed E-state index contributed by atoms with van der Waals surface area (Å²) in [5, 5.41) is 6.64. The lowest BCUT2D eigenvalue weighted by Gasteiger charge is -2.11. The summed E-state index contributed by atoms with van der Waals surface area (Å²) in [6.07, 6.45) is 1.51. The second-order valence-corrected chi connectivity index (χ2v) is 6.65. The fourth-order valence-corrected chi connectivity index (χ4v) is 2.79. The highest BCUT2D eigenvalue weighted by atomic mass is 16.5. The molecule has 7 heteroatoms. The van der Waals surface area contributed by atoms with E-state index < -0.39 is 5.91 Å². The van der Waals surface area contributed by atoms with Crippen molar-refractivity contribution in [3.63, 3.8) is 0 Å². The molecule has 0 atom stereocenters. The van der Waals surface area contributed by atoms with Gasteiger partial charge in [-0.15, -0.1) is 0 Å². The number of carbonyl (C=O) groups excluding carboxylic acids is 2. The minimum Gasteiger partial charge on any atom is -0.493 e. The first-order chi connectivity index (χ1) is 15.0. The number of carbonyl (C=O) groups is 2. The summed E-state index contributed by atoms with van der Waals surface area (Å²) < 4.78 is 11.2. The van der Waals surface area contributed by atoms with Gasteiger partial charge < -0.3 is 14.8 Å². The van der Waals surface area contributed by atoms with E-state index in [0.717, 1.165) is 11.1 Å². The van der Waals surface area contributed by atoms with Gasteiger partial charge in [0.2, 0.25) is 5.91 Å². The van der Waals surface area contributed by atoms with E-state index in [4.69, 9.17) is 9.47 Å². The highest BCUT2D eigenvalue weighted by Crippen LogP contribution is 2.28. The number of nitrogens with one attached hydrogen (secondary N) is 2. The predicted octanol–water partition coefficient (Wildman–Crippen LogP) is 4.00. The minimum atomic E-state index is -0.391. The van der Waals surface area contributed by atoms with Gasteiger partial charge in [0.15, 0.2) is 11.5 Å². The number of anilines is 1. The van der Waals surface area contributed by atoms with Crippen molar-refractivity contribution < 1.29 is 19.1 Å². The van der Waals surface area contributed by atoms with Crippen molar-refractivity contribution in [3.05, 3.63) is 89.5 Å². The Balaban J connectivity index is 1.61. The van der Waals surface area contributed by atoms with Crippen molar-refractivity contribution in [1.82, 2.24) is 5.43 Å². The summed E-state index contributed by atoms with van der Waals surface area (Å²) in [6, 6.07) is 21.8. The van der Waals surface area contributed by atoms with Crippen LogP contribution in [0.1, 0.15) is 28.4 Å². The molecule has 3 aromatic rings. The zero-order valence-electron chi connectivity index (χ0n) is 17.3. The Kier molecular flexibility index (Phi) is 7.37. The first-order valence-corrected chi connectivity index (χ1v) is 9.61. The van der Waals surface area contributed by atoms with E-state index in [1.54, 1.807) is 43.5 Å². The van der Waals surface area contributed by atoms with Crippen LogP contribution in [0.4, 0.5) is 5.69 Å². The number of amides is 2. The van der Waals surface area contributed by atoms with Gasteiger partial charge in [-0.1, -0.05) is 36.4 Å². The van der Waals surface area contributed by atoms with E-state index in [2.05, 4.69) is 15.8 Å². The van der Waals surface area contributed by atoms with Gasteiger partial charge in [0, 0.05) is 18.2 Å². The topological polar surface area (TPSA) is 89.0 Å². The number of nitrogens with zero attached hydrogens (tertiary/aromatic N) is 1. The molecule has 0 saturated heterocycles. The highest BCUT2D eigenvalue weighted by molar-refractivity contribution is 5.97. The predicted molar refractivity (Wildman–Crippen MR) is 120 cm³/mol. The van der Waals surface area contributed by atoms with Gasteiger partial charge in [0.05, 0.1) is 13.3 Å². The molecule has 7 nitrogen and oxygen atoms in total. The van der Waals surface area contributed by atoms with Crippen molar-refractivity contribution in [2.45, 2.75) is 13.5 Å². The van der Waals surface area contributed by atoms with E-state index in [1.807, 2.05) is 36.4 Å². The van der Waals surface area contributed by atoms with Gasteiger partial charge in [-0.2, -0.15) is 5.10 Å². The second-order valence-electron chi connectivity index (χ2n) is 6.65. The van der Waals surface area contributed by atoms with Crippen molar-refractivity contribution in [2.24, 2.45) is 5.10 Å². The van der Waals surface area contributed by atoms with Gasteiger partial charge in [-0.05, 0) is 47.5 Å². The molecule has 0 bridgehead atoms. The summed E-state index contributed by atoms with van der Waals surface area (Å²) in [4.78, 5) is 23.4. The summed E-state index contributed by atoms with van der Waals surface area (Å²) in [5.41, 5.74) is 5.18. The van der Waals surface area contributed by atoms with Crippen molar-refractivity contribution in [1.29, 1.82) is 0 Å². The molecule has 3 rings (SSSR count). The van der Waals surface area contributed by atoms with Crippen LogP contribution in [0.5, 0.6) is 11.5 Å². The van der Waals surface area contributed by atoms with Crippen LogP contribution in [0.25, 0.3) is 0 Å². The van der Waals surface area contributed by atoms with Crippen molar-refractivity contribution >= 4 is 23.7 Å². The summed E-state index contributed by atoms with van der Waals surface area (Å²) >= 11 is 0. The molecule has 2 amide bonds. The van der Waals surface area contributed by atoms with Crippen LogP contribution in [-0.2, 0) is 11.4 Å². The Labute approximate surface area is 180 Å². The maximum Gasteiger partial charge on any atom is 0.271 e. The monoisotopic (exact) mass is 417 g/mol. The maximum atomic E-state index is 12.3. The summed E-state index contributed by atoms with van der Waals surface area (Å²) in [6.45, 7) is 1.83. The molecule has 0 radical (unpaired) electrons. The van der Waals surface area contributed by atoms with Gasteiger partial charge in [0.1, 0.15) is 6.61 Å². The van der Waals surface area contributed by atoms with E-state index >= 15 is 0 Å². The van der Waals surface area contributed by atoms with Crippen LogP contribution in [0.3, 0.4) is 0 Å². The van der Waals surface area contributed by atoms with Crippen LogP contribution in [-0.4, -0.2) is 25.1 Å². The third kappa shape index (κ3) is 6.43. The van der Waals surface area contributed by atoms with Crippen molar-refractivity contribution in [3.8, 4) is 11.5 Å². The number of ether oxygens (including phenoxy) is 2. The fourth-order valence-electron chi connectivity index (χ4n) is 2.79. The molecular formula is C24H23N3O4. The fraction of sp³-hybridized carbons (Fsp3) is 0.125. The third-order valence-electron chi connectivity index (χ3n) is 4.25. The molecule has 0 heterocycles. The zero-order chi connectivity index (χ0) is 22.1. The van der Waals surface area contributed by atoms with E-state index in [-0.39, 0.29) is 5.91 Å². The molecule has 158 valence electrons. The molecule has 0 saturated carbocycles. The molecular weight excluding hydrogens is 394 g/mol. The standard InChI is InChI=1S/C24H23N3O4/c1-17(28)26-21-10-6-9-20(14-21)24(29)27-25-15-19-11-12-22(23(13-19)30-2)31-16-18-7-4-3-5-8-18/h3-15H,16H2,1-2H3,(H,26,28)(H,27,29)/b25-15-. The number of hydrazone groups is 1. The maximum absolute atomic E-state index is 12.3. The Morgan fingerprint density at radius 3 is 2.52 bits per heavy atom. The second kappa shape index (κ2) is 10.6. The number of rotatable bonds is 8. The van der Waals surface area contributed by atoms with Gasteiger partial charge in [-0.3, -0.25) is 9.59 Å². The molecule has 0 unspecified atom stereocenters. The number of hydrogen-bond acceptors (Lipinski definition) is 5. The van der Waals surface area contributed by atoms with E-state index in [1.165, 1.54) is 13.1 Å². The smallest absolute Gasteiger partial charge is 0.271 e. The quantitative estimate of drug-likeness (QED) is 0.428. The van der Waals surface area contributed by atoms with Crippen LogP contribution in [0.15, 0.2) is 77.9 Å². The molecule has 0 aromatic heterocycles. The molecule has 0 aliphatic rings. The first kappa shape index (κ1) is 21.6. The minimum absolute atomic E-state index is 0.208. The lowest BCUT2D eigenvalue weighted by atomic mass is 10.2. The van der Waals surface area contributed by atoms with Crippen LogP contribution in [0, 0.1) is 0 Å². The number of methoxy groups -OCH3 is 1. The molecule has 0 spiro atoms. The lowest BCUT2D eigenvalue weighted by molar-refractivity contribution is -0.114. The van der Waals surface area contributed by atoms with Crippen molar-refractivity contribution in [2.75, 3.05) is 12.4 Å². The molecule has 0 fully saturated rings. The summed E-state index contributed by atoms with van der Waals surface area (Å²) in [5.74, 6) is 0.579. The molecule has 31 heavy (non-hydrogen) atoms. The molecule has 0 aliphatic heterocycles. The first-order valence-electron chi connectivity index (χ1n) is 9.61. The SMILES string of the molecule is COc1cc(/C=N\NC(=O)c2cccc(NC(C)=O)c2)ccc1OCc1ccccc1. The van der Waals surface area contributed by atoms with Crippen LogP contribution >= 0.6 is 0 Å². The number of hydrogen-bond donors (Lipinski definition) is 2. The Morgan fingerprint density at radius 1 is 0.968 bits per heavy atom. The van der Waals surface area contributed by atoms with E-state index in [0.29, 0.717) is 29.4 Å². The Morgan fingerprint density at radius 2 is 1.77 bits per heavy atom. The Bertz CT molecular complexity index is 1080. The van der Waals surface area contributed by atoms with Gasteiger partial charge >= 0.3 is 0 Å². The van der Waals surface area contributed by atoms with Crippen LogP contribution < -0.4 is 20.2 Å². The average molecular weight is 417 g/mol. The lowest BCUT2D eigenvalue weighted by Crippen LogP contribution is -2.18. The zero-order valence-corrected chi connectivity index (χ0v) is 17.3.